The molecule has 0 unspecified atom stereocenters. The Labute approximate surface area is 117 Å². The lowest BCUT2D eigenvalue weighted by atomic mass is 10.1. The van der Waals surface area contributed by atoms with Gasteiger partial charge < -0.3 is 5.11 Å². The van der Waals surface area contributed by atoms with Crippen LogP contribution in [0.5, 0.6) is 0 Å². The molecule has 1 N–H and O–H groups in total. The highest BCUT2D eigenvalue weighted by Gasteiger charge is 2.15. The van der Waals surface area contributed by atoms with Gasteiger partial charge in [-0.2, -0.15) is 5.26 Å². The molecule has 0 heterocycles. The van der Waals surface area contributed by atoms with E-state index in [0.717, 1.165) is 6.08 Å². The van der Waals surface area contributed by atoms with Crippen LogP contribution < -0.4 is 0 Å². The van der Waals surface area contributed by atoms with Crippen LogP contribution in [-0.4, -0.2) is 11.1 Å². The van der Waals surface area contributed by atoms with E-state index in [1.807, 2.05) is 0 Å². The Kier molecular flexibility index (Phi) is 4.67. The molecule has 0 radical (unpaired) electrons. The van der Waals surface area contributed by atoms with Crippen molar-refractivity contribution in [2.75, 3.05) is 0 Å². The molecule has 1 rings (SSSR count). The number of nitrogens with zero attached hydrogens (tertiary/aromatic N) is 1. The maximum atomic E-state index is 10.7. The monoisotopic (exact) mass is 309 g/mol. The summed E-state index contributed by atoms with van der Waals surface area (Å²) in [5, 5.41) is 17.6. The number of carboxylic acid groups (broad SMARTS) is 1. The van der Waals surface area contributed by atoms with Gasteiger partial charge in [-0.05, 0) is 12.1 Å². The maximum absolute atomic E-state index is 10.7. The van der Waals surface area contributed by atoms with Crippen LogP contribution >= 0.6 is 46.4 Å². The molecule has 0 aliphatic rings. The van der Waals surface area contributed by atoms with Crippen molar-refractivity contribution in [1.29, 1.82) is 5.26 Å². The van der Waals surface area contributed by atoms with Gasteiger partial charge in [-0.15, -0.1) is 0 Å². The molecule has 0 aliphatic carbocycles. The van der Waals surface area contributed by atoms with Gasteiger partial charge in [-0.1, -0.05) is 46.4 Å². The van der Waals surface area contributed by atoms with Crippen molar-refractivity contribution in [1.82, 2.24) is 0 Å². The molecule has 0 saturated heterocycles. The number of carbonyl (C=O) groups is 1. The van der Waals surface area contributed by atoms with Crippen LogP contribution in [0.3, 0.4) is 0 Å². The van der Waals surface area contributed by atoms with Crippen LogP contribution in [0.2, 0.25) is 20.1 Å². The van der Waals surface area contributed by atoms with Gasteiger partial charge >= 0.3 is 5.97 Å². The molecule has 0 spiro atoms. The van der Waals surface area contributed by atoms with Crippen molar-refractivity contribution in [3.63, 3.8) is 0 Å². The van der Waals surface area contributed by atoms with E-state index in [0.29, 0.717) is 0 Å². The summed E-state index contributed by atoms with van der Waals surface area (Å²) in [6.07, 6.45) is 1.04. The minimum absolute atomic E-state index is 0.00170. The van der Waals surface area contributed by atoms with Crippen LogP contribution in [0, 0.1) is 11.3 Å². The molecule has 1 aromatic carbocycles. The number of halogens is 4. The fraction of sp³-hybridized carbons (Fsp3) is 0. The normalized spacial score (nSPS) is 11.1. The molecule has 17 heavy (non-hydrogen) atoms. The molecule has 0 aliphatic heterocycles. The Bertz CT molecular complexity index is 560. The quantitative estimate of drug-likeness (QED) is 0.383. The van der Waals surface area contributed by atoms with Gasteiger partial charge in [0.1, 0.15) is 11.6 Å². The third-order valence-corrected chi connectivity index (χ3v) is 3.38. The Morgan fingerprint density at radius 2 is 1.82 bits per heavy atom. The average molecular weight is 311 g/mol. The smallest absolute Gasteiger partial charge is 0.346 e. The highest BCUT2D eigenvalue weighted by Crippen LogP contribution is 2.38. The van der Waals surface area contributed by atoms with E-state index in [1.54, 1.807) is 0 Å². The van der Waals surface area contributed by atoms with Crippen molar-refractivity contribution in [3.8, 4) is 6.07 Å². The summed E-state index contributed by atoms with van der Waals surface area (Å²) in [7, 11) is 0. The van der Waals surface area contributed by atoms with Crippen LogP contribution in [0.1, 0.15) is 5.56 Å². The van der Waals surface area contributed by atoms with Crippen molar-refractivity contribution >= 4 is 58.4 Å². The summed E-state index contributed by atoms with van der Waals surface area (Å²) < 4.78 is 0. The largest absolute Gasteiger partial charge is 0.477 e. The predicted octanol–water partition coefficient (Wildman–Crippen LogP) is 4.29. The molecule has 0 atom stereocenters. The van der Waals surface area contributed by atoms with E-state index in [1.165, 1.54) is 12.1 Å². The lowest BCUT2D eigenvalue weighted by Gasteiger charge is -2.06. The minimum atomic E-state index is -1.38. The second-order valence-corrected chi connectivity index (χ2v) is 4.43. The first-order valence-electron chi connectivity index (χ1n) is 4.06. The van der Waals surface area contributed by atoms with E-state index in [2.05, 4.69) is 0 Å². The third kappa shape index (κ3) is 3.05. The zero-order chi connectivity index (χ0) is 13.2. The topological polar surface area (TPSA) is 61.1 Å². The van der Waals surface area contributed by atoms with Gasteiger partial charge in [-0.3, -0.25) is 0 Å². The molecule has 3 nitrogen and oxygen atoms in total. The highest BCUT2D eigenvalue weighted by atomic mass is 35.5. The Morgan fingerprint density at radius 3 is 2.29 bits per heavy atom. The number of nitriles is 1. The lowest BCUT2D eigenvalue weighted by Crippen LogP contribution is -1.98. The van der Waals surface area contributed by atoms with E-state index in [9.17, 15) is 4.79 Å². The third-order valence-electron chi connectivity index (χ3n) is 1.79. The lowest BCUT2D eigenvalue weighted by molar-refractivity contribution is -0.132. The molecule has 0 fully saturated rings. The van der Waals surface area contributed by atoms with E-state index >= 15 is 0 Å². The SMILES string of the molecule is N#CC(=Cc1c(Cl)cc(Cl)c(Cl)c1Cl)C(=O)O. The number of hydrogen-bond acceptors (Lipinski definition) is 2. The van der Waals surface area contributed by atoms with E-state index < -0.39 is 11.5 Å². The van der Waals surface area contributed by atoms with Gasteiger partial charge in [0.2, 0.25) is 0 Å². The Morgan fingerprint density at radius 1 is 1.24 bits per heavy atom. The molecule has 0 aromatic heterocycles. The average Bonchev–Trinajstić information content (AvgIpc) is 2.26. The summed E-state index contributed by atoms with van der Waals surface area (Å²) in [4.78, 5) is 10.7. The Hall–Kier alpha value is -0.920. The second kappa shape index (κ2) is 5.61. The van der Waals surface area contributed by atoms with Crippen molar-refractivity contribution in [2.24, 2.45) is 0 Å². The summed E-state index contributed by atoms with van der Waals surface area (Å²) in [6.45, 7) is 0. The number of carboxylic acids is 1. The Balaban J connectivity index is 3.49. The highest BCUT2D eigenvalue weighted by molar-refractivity contribution is 6.50. The summed E-state index contributed by atoms with van der Waals surface area (Å²) in [5.41, 5.74) is -0.367. The second-order valence-electron chi connectivity index (χ2n) is 2.86. The van der Waals surface area contributed by atoms with Crippen molar-refractivity contribution < 1.29 is 9.90 Å². The maximum Gasteiger partial charge on any atom is 0.346 e. The van der Waals surface area contributed by atoms with Gasteiger partial charge in [0.15, 0.2) is 0 Å². The molecule has 1 aromatic rings. The number of aliphatic carboxylic acids is 1. The van der Waals surface area contributed by atoms with Crippen LogP contribution in [0.4, 0.5) is 0 Å². The fourth-order valence-corrected chi connectivity index (χ4v) is 2.03. The first-order chi connectivity index (χ1) is 7.88. The van der Waals surface area contributed by atoms with Crippen molar-refractivity contribution in [3.05, 3.63) is 37.3 Å². The van der Waals surface area contributed by atoms with Crippen LogP contribution in [0.25, 0.3) is 6.08 Å². The molecule has 0 bridgehead atoms. The van der Waals surface area contributed by atoms with Gasteiger partial charge in [0, 0.05) is 5.56 Å². The fourth-order valence-electron chi connectivity index (χ4n) is 0.999. The standard InChI is InChI=1S/C10H3Cl4NO2/c11-6-2-7(12)9(14)8(13)5(6)1-4(3-15)10(16)17/h1-2H,(H,16,17). The van der Waals surface area contributed by atoms with E-state index in [4.69, 9.17) is 56.8 Å². The number of benzene rings is 1. The minimum Gasteiger partial charge on any atom is -0.477 e. The van der Waals surface area contributed by atoms with Gasteiger partial charge in [0.05, 0.1) is 20.1 Å². The molecule has 7 heteroatoms. The molecular weight excluding hydrogens is 308 g/mol. The summed E-state index contributed by atoms with van der Waals surface area (Å²) >= 11 is 23.2. The van der Waals surface area contributed by atoms with E-state index in [-0.39, 0.29) is 25.7 Å². The summed E-state index contributed by atoms with van der Waals surface area (Å²) in [6, 6.07) is 2.83. The first kappa shape index (κ1) is 14.1. The first-order valence-corrected chi connectivity index (χ1v) is 5.57. The zero-order valence-electron chi connectivity index (χ0n) is 7.97. The van der Waals surface area contributed by atoms with Gasteiger partial charge in [-0.25, -0.2) is 4.79 Å². The summed E-state index contributed by atoms with van der Waals surface area (Å²) in [5.74, 6) is -1.38. The van der Waals surface area contributed by atoms with Gasteiger partial charge in [0.25, 0.3) is 0 Å². The van der Waals surface area contributed by atoms with Crippen LogP contribution in [-0.2, 0) is 4.79 Å². The molecule has 88 valence electrons. The zero-order valence-corrected chi connectivity index (χ0v) is 11.0. The number of rotatable bonds is 2. The molecule has 0 amide bonds. The molecular formula is C10H3Cl4NO2. The molecule has 0 saturated carbocycles. The van der Waals surface area contributed by atoms with Crippen LogP contribution in [0.15, 0.2) is 11.6 Å². The number of hydrogen-bond donors (Lipinski definition) is 1. The van der Waals surface area contributed by atoms with Crippen molar-refractivity contribution in [2.45, 2.75) is 0 Å². The predicted molar refractivity (Wildman–Crippen MR) is 67.7 cm³/mol.